The first kappa shape index (κ1) is 10.7. The lowest BCUT2D eigenvalue weighted by Crippen LogP contribution is -1.76. The molecule has 0 N–H and O–H groups in total. The lowest BCUT2D eigenvalue weighted by molar-refractivity contribution is 0.480. The SMILES string of the molecule is CCc1ccc(C/C=C/c2ccccc2)o1. The Morgan fingerprint density at radius 1 is 1.00 bits per heavy atom. The third kappa shape index (κ3) is 2.86. The Kier molecular flexibility index (Phi) is 3.60. The summed E-state index contributed by atoms with van der Waals surface area (Å²) < 4.78 is 5.62. The van der Waals surface area contributed by atoms with Gasteiger partial charge in [-0.2, -0.15) is 0 Å². The van der Waals surface area contributed by atoms with E-state index in [-0.39, 0.29) is 0 Å². The summed E-state index contributed by atoms with van der Waals surface area (Å²) in [4.78, 5) is 0. The van der Waals surface area contributed by atoms with Crippen LogP contribution < -0.4 is 0 Å². The lowest BCUT2D eigenvalue weighted by Gasteiger charge is -1.92. The predicted molar refractivity (Wildman–Crippen MR) is 67.3 cm³/mol. The largest absolute Gasteiger partial charge is 0.466 e. The summed E-state index contributed by atoms with van der Waals surface area (Å²) in [6.07, 6.45) is 6.07. The van der Waals surface area contributed by atoms with Gasteiger partial charge in [0.05, 0.1) is 0 Å². The normalized spacial score (nSPS) is 11.1. The highest BCUT2D eigenvalue weighted by molar-refractivity contribution is 5.48. The predicted octanol–water partition coefficient (Wildman–Crippen LogP) is 4.10. The van der Waals surface area contributed by atoms with Gasteiger partial charge in [-0.3, -0.25) is 0 Å². The zero-order chi connectivity index (χ0) is 11.2. The van der Waals surface area contributed by atoms with Crippen molar-refractivity contribution in [2.45, 2.75) is 19.8 Å². The summed E-state index contributed by atoms with van der Waals surface area (Å²) in [5.74, 6) is 2.09. The number of benzene rings is 1. The van der Waals surface area contributed by atoms with E-state index < -0.39 is 0 Å². The quantitative estimate of drug-likeness (QED) is 0.743. The molecule has 2 rings (SSSR count). The highest BCUT2D eigenvalue weighted by Crippen LogP contribution is 2.10. The maximum atomic E-state index is 5.62. The molecule has 0 fully saturated rings. The number of rotatable bonds is 4. The van der Waals surface area contributed by atoms with Crippen molar-refractivity contribution in [1.29, 1.82) is 0 Å². The maximum absolute atomic E-state index is 5.62. The van der Waals surface area contributed by atoms with Crippen LogP contribution in [-0.4, -0.2) is 0 Å². The Bertz CT molecular complexity index is 451. The fourth-order valence-electron chi connectivity index (χ4n) is 1.60. The monoisotopic (exact) mass is 212 g/mol. The summed E-state index contributed by atoms with van der Waals surface area (Å²) in [6.45, 7) is 2.10. The first-order chi connectivity index (χ1) is 7.88. The van der Waals surface area contributed by atoms with Crippen LogP contribution in [0.3, 0.4) is 0 Å². The smallest absolute Gasteiger partial charge is 0.107 e. The van der Waals surface area contributed by atoms with Crippen molar-refractivity contribution in [2.24, 2.45) is 0 Å². The van der Waals surface area contributed by atoms with E-state index in [1.165, 1.54) is 5.56 Å². The zero-order valence-electron chi connectivity index (χ0n) is 9.52. The van der Waals surface area contributed by atoms with Gasteiger partial charge in [-0.15, -0.1) is 0 Å². The van der Waals surface area contributed by atoms with E-state index in [9.17, 15) is 0 Å². The molecule has 0 radical (unpaired) electrons. The summed E-state index contributed by atoms with van der Waals surface area (Å²) in [5, 5.41) is 0. The van der Waals surface area contributed by atoms with Gasteiger partial charge in [-0.25, -0.2) is 0 Å². The molecule has 0 aliphatic heterocycles. The Balaban J connectivity index is 1.94. The number of furan rings is 1. The van der Waals surface area contributed by atoms with Crippen LogP contribution in [0.4, 0.5) is 0 Å². The second-order valence-corrected chi connectivity index (χ2v) is 3.74. The van der Waals surface area contributed by atoms with Gasteiger partial charge in [0, 0.05) is 12.8 Å². The van der Waals surface area contributed by atoms with Crippen molar-refractivity contribution in [3.8, 4) is 0 Å². The molecule has 82 valence electrons. The van der Waals surface area contributed by atoms with Crippen LogP contribution in [0.1, 0.15) is 24.0 Å². The van der Waals surface area contributed by atoms with Crippen LogP contribution in [0.5, 0.6) is 0 Å². The average molecular weight is 212 g/mol. The molecule has 0 aliphatic rings. The molecule has 0 spiro atoms. The van der Waals surface area contributed by atoms with Crippen molar-refractivity contribution in [3.05, 3.63) is 65.6 Å². The summed E-state index contributed by atoms with van der Waals surface area (Å²) in [7, 11) is 0. The minimum Gasteiger partial charge on any atom is -0.466 e. The van der Waals surface area contributed by atoms with Gasteiger partial charge in [0.2, 0.25) is 0 Å². The molecule has 1 heterocycles. The van der Waals surface area contributed by atoms with E-state index in [0.717, 1.165) is 24.4 Å². The summed E-state index contributed by atoms with van der Waals surface area (Å²) in [5.41, 5.74) is 1.23. The van der Waals surface area contributed by atoms with E-state index in [4.69, 9.17) is 4.42 Å². The minimum atomic E-state index is 0.856. The molecular weight excluding hydrogens is 196 g/mol. The van der Waals surface area contributed by atoms with Crippen molar-refractivity contribution in [1.82, 2.24) is 0 Å². The molecular formula is C15H16O. The van der Waals surface area contributed by atoms with Gasteiger partial charge in [-0.1, -0.05) is 49.4 Å². The molecule has 0 bridgehead atoms. The number of hydrogen-bond donors (Lipinski definition) is 0. The first-order valence-corrected chi connectivity index (χ1v) is 5.67. The van der Waals surface area contributed by atoms with Crippen molar-refractivity contribution in [3.63, 3.8) is 0 Å². The molecule has 0 saturated carbocycles. The minimum absolute atomic E-state index is 0.856. The van der Waals surface area contributed by atoms with Gasteiger partial charge in [0.15, 0.2) is 0 Å². The topological polar surface area (TPSA) is 13.1 Å². The van der Waals surface area contributed by atoms with Gasteiger partial charge in [0.1, 0.15) is 11.5 Å². The molecule has 0 amide bonds. The van der Waals surface area contributed by atoms with Crippen LogP contribution in [0.2, 0.25) is 0 Å². The Labute approximate surface area is 96.4 Å². The van der Waals surface area contributed by atoms with Gasteiger partial charge >= 0.3 is 0 Å². The second-order valence-electron chi connectivity index (χ2n) is 3.74. The van der Waals surface area contributed by atoms with Crippen LogP contribution in [0.25, 0.3) is 6.08 Å². The fraction of sp³-hybridized carbons (Fsp3) is 0.200. The maximum Gasteiger partial charge on any atom is 0.107 e. The zero-order valence-corrected chi connectivity index (χ0v) is 9.52. The molecule has 0 saturated heterocycles. The van der Waals surface area contributed by atoms with E-state index in [0.29, 0.717) is 0 Å². The standard InChI is InChI=1S/C15H16O/c1-2-14-11-12-15(16-14)10-6-9-13-7-4-3-5-8-13/h3-9,11-12H,2,10H2,1H3/b9-6+. The first-order valence-electron chi connectivity index (χ1n) is 5.67. The summed E-state index contributed by atoms with van der Waals surface area (Å²) >= 11 is 0. The van der Waals surface area contributed by atoms with Crippen molar-refractivity contribution < 1.29 is 4.42 Å². The Morgan fingerprint density at radius 2 is 1.75 bits per heavy atom. The van der Waals surface area contributed by atoms with E-state index >= 15 is 0 Å². The molecule has 1 heteroatoms. The van der Waals surface area contributed by atoms with Crippen LogP contribution in [0, 0.1) is 0 Å². The molecule has 2 aromatic rings. The second kappa shape index (κ2) is 5.36. The van der Waals surface area contributed by atoms with Crippen LogP contribution >= 0.6 is 0 Å². The van der Waals surface area contributed by atoms with Crippen molar-refractivity contribution in [2.75, 3.05) is 0 Å². The van der Waals surface area contributed by atoms with E-state index in [2.05, 4.69) is 31.2 Å². The van der Waals surface area contributed by atoms with Gasteiger partial charge in [-0.05, 0) is 17.7 Å². The summed E-state index contributed by atoms with van der Waals surface area (Å²) in [6, 6.07) is 14.4. The third-order valence-corrected chi connectivity index (χ3v) is 2.49. The highest BCUT2D eigenvalue weighted by atomic mass is 16.3. The van der Waals surface area contributed by atoms with Crippen LogP contribution in [0.15, 0.2) is 53.0 Å². The third-order valence-electron chi connectivity index (χ3n) is 2.49. The number of hydrogen-bond acceptors (Lipinski definition) is 1. The number of aryl methyl sites for hydroxylation is 1. The molecule has 1 nitrogen and oxygen atoms in total. The molecule has 1 aromatic heterocycles. The molecule has 0 aliphatic carbocycles. The van der Waals surface area contributed by atoms with E-state index in [1.54, 1.807) is 0 Å². The van der Waals surface area contributed by atoms with Gasteiger partial charge in [0.25, 0.3) is 0 Å². The average Bonchev–Trinajstić information content (AvgIpc) is 2.78. The molecule has 16 heavy (non-hydrogen) atoms. The molecule has 0 atom stereocenters. The van der Waals surface area contributed by atoms with E-state index in [1.807, 2.05) is 30.3 Å². The van der Waals surface area contributed by atoms with Crippen molar-refractivity contribution >= 4 is 6.08 Å². The Hall–Kier alpha value is -1.76. The fourth-order valence-corrected chi connectivity index (χ4v) is 1.60. The van der Waals surface area contributed by atoms with Gasteiger partial charge < -0.3 is 4.42 Å². The highest BCUT2D eigenvalue weighted by Gasteiger charge is 1.97. The Morgan fingerprint density at radius 3 is 2.44 bits per heavy atom. The molecule has 1 aromatic carbocycles. The molecule has 0 unspecified atom stereocenters. The number of allylic oxidation sites excluding steroid dienone is 1. The van der Waals surface area contributed by atoms with Crippen LogP contribution in [-0.2, 0) is 12.8 Å². The lowest BCUT2D eigenvalue weighted by atomic mass is 10.2.